The van der Waals surface area contributed by atoms with Gasteiger partial charge in [0.25, 0.3) is 0 Å². The van der Waals surface area contributed by atoms with Crippen LogP contribution in [-0.4, -0.2) is 20.7 Å². The number of rotatable bonds is 2. The Hall–Kier alpha value is -2.71. The molecule has 6 rings (SSSR count). The summed E-state index contributed by atoms with van der Waals surface area (Å²) in [6, 6.07) is 18.3. The third-order valence-electron chi connectivity index (χ3n) is 7.44. The molecular weight excluding hydrogens is 476 g/mol. The molecule has 4 aromatic carbocycles. The molecule has 186 valence electrons. The van der Waals surface area contributed by atoms with Gasteiger partial charge in [0.15, 0.2) is 0 Å². The molecule has 0 N–H and O–H groups in total. The lowest BCUT2D eigenvalue weighted by Gasteiger charge is -2.28. The molecule has 0 amide bonds. The van der Waals surface area contributed by atoms with Gasteiger partial charge in [-0.3, -0.25) is 4.98 Å². The second-order valence-corrected chi connectivity index (χ2v) is 14.5. The molecule has 0 aliphatic carbocycles. The standard InChI is InChI=1S/C34H33B2NS/c1-18-8-11-22-21(12-18)14-24-30-28-26(38-31(24)25(22)17-34(5,6)7)15-20-10-9-19(16-33(2,3)4)13-23(20)27(28)29(35)32(36)37-30/h8-15H,16-17H2,1-7H3. The van der Waals surface area contributed by atoms with Gasteiger partial charge in [0.1, 0.15) is 15.7 Å². The maximum absolute atomic E-state index is 6.73. The molecule has 0 atom stereocenters. The topological polar surface area (TPSA) is 12.9 Å². The van der Waals surface area contributed by atoms with Crippen molar-refractivity contribution in [3.05, 3.63) is 65.2 Å². The van der Waals surface area contributed by atoms with Crippen molar-refractivity contribution in [2.75, 3.05) is 0 Å². The highest BCUT2D eigenvalue weighted by Crippen LogP contribution is 2.52. The number of aryl methyl sites for hydroxylation is 1. The monoisotopic (exact) mass is 509 g/mol. The van der Waals surface area contributed by atoms with Crippen molar-refractivity contribution in [3.63, 3.8) is 0 Å². The van der Waals surface area contributed by atoms with Crippen LogP contribution in [0.5, 0.6) is 0 Å². The first-order chi connectivity index (χ1) is 17.8. The highest BCUT2D eigenvalue weighted by molar-refractivity contribution is 8.00. The van der Waals surface area contributed by atoms with Gasteiger partial charge >= 0.3 is 0 Å². The molecule has 0 saturated heterocycles. The van der Waals surface area contributed by atoms with Crippen LogP contribution in [0.2, 0.25) is 0 Å². The van der Waals surface area contributed by atoms with Gasteiger partial charge in [-0.2, -0.15) is 0 Å². The first kappa shape index (κ1) is 25.6. The van der Waals surface area contributed by atoms with E-state index in [2.05, 4.69) is 97.0 Å². The highest BCUT2D eigenvalue weighted by Gasteiger charge is 2.28. The van der Waals surface area contributed by atoms with Crippen LogP contribution in [0.3, 0.4) is 0 Å². The van der Waals surface area contributed by atoms with E-state index in [1.54, 1.807) is 0 Å². The Morgan fingerprint density at radius 1 is 0.763 bits per heavy atom. The van der Waals surface area contributed by atoms with Gasteiger partial charge < -0.3 is 0 Å². The van der Waals surface area contributed by atoms with Gasteiger partial charge in [0.2, 0.25) is 0 Å². The number of nitrogens with zero attached hydrogens (tertiary/aromatic N) is 1. The van der Waals surface area contributed by atoms with Gasteiger partial charge in [0, 0.05) is 20.7 Å². The maximum atomic E-state index is 6.73. The summed E-state index contributed by atoms with van der Waals surface area (Å²) in [7, 11) is 13.3. The molecule has 4 radical (unpaired) electrons. The minimum Gasteiger partial charge on any atom is -0.264 e. The molecule has 0 unspecified atom stereocenters. The molecule has 0 saturated carbocycles. The Kier molecular flexibility index (Phi) is 5.82. The first-order valence-electron chi connectivity index (χ1n) is 13.5. The van der Waals surface area contributed by atoms with Crippen LogP contribution in [0.1, 0.15) is 58.2 Å². The summed E-state index contributed by atoms with van der Waals surface area (Å²) in [4.78, 5) is 7.47. The van der Waals surface area contributed by atoms with Gasteiger partial charge in [0.05, 0.1) is 5.69 Å². The number of pyridine rings is 1. The van der Waals surface area contributed by atoms with Crippen molar-refractivity contribution in [1.82, 2.24) is 4.98 Å². The van der Waals surface area contributed by atoms with E-state index >= 15 is 0 Å². The normalized spacial score (nSPS) is 13.4. The minimum absolute atomic E-state index is 0.142. The fourth-order valence-electron chi connectivity index (χ4n) is 5.98. The molecule has 0 bridgehead atoms. The number of hydrogen-bond donors (Lipinski definition) is 0. The molecule has 1 aromatic heterocycles. The van der Waals surface area contributed by atoms with E-state index in [-0.39, 0.29) is 10.8 Å². The van der Waals surface area contributed by atoms with E-state index < -0.39 is 0 Å². The number of hydrogen-bond acceptors (Lipinski definition) is 2. The van der Waals surface area contributed by atoms with Crippen molar-refractivity contribution >= 4 is 70.8 Å². The van der Waals surface area contributed by atoms with Crippen LogP contribution in [-0.2, 0) is 12.8 Å². The molecule has 0 spiro atoms. The molecule has 2 heterocycles. The second-order valence-electron chi connectivity index (χ2n) is 13.5. The third-order valence-corrected chi connectivity index (χ3v) is 8.66. The maximum Gasteiger partial charge on any atom is 0.140 e. The Bertz CT molecular complexity index is 1790. The molecule has 38 heavy (non-hydrogen) atoms. The summed E-state index contributed by atoms with van der Waals surface area (Å²) in [6.07, 6.45) is 1.98. The number of benzene rings is 4. The Morgan fingerprint density at radius 2 is 1.50 bits per heavy atom. The molecular formula is C34H33B2NS. The van der Waals surface area contributed by atoms with Crippen LogP contribution < -0.4 is 11.1 Å². The summed E-state index contributed by atoms with van der Waals surface area (Å²) in [5.41, 5.74) is 7.42. The van der Waals surface area contributed by atoms with E-state index in [4.69, 9.17) is 20.7 Å². The van der Waals surface area contributed by atoms with Gasteiger partial charge in [-0.15, -0.1) is 0 Å². The quantitative estimate of drug-likeness (QED) is 0.175. The van der Waals surface area contributed by atoms with Crippen LogP contribution in [0.15, 0.2) is 58.3 Å². The van der Waals surface area contributed by atoms with Gasteiger partial charge in [-0.05, 0) is 86.4 Å². The lowest BCUT2D eigenvalue weighted by atomic mass is 9.78. The van der Waals surface area contributed by atoms with Crippen molar-refractivity contribution < 1.29 is 0 Å². The van der Waals surface area contributed by atoms with Crippen molar-refractivity contribution in [2.45, 2.75) is 71.1 Å². The van der Waals surface area contributed by atoms with Crippen LogP contribution in [0, 0.1) is 17.8 Å². The lowest BCUT2D eigenvalue weighted by molar-refractivity contribution is 0.410. The van der Waals surface area contributed by atoms with Gasteiger partial charge in [-0.1, -0.05) is 101 Å². The summed E-state index contributed by atoms with van der Waals surface area (Å²) in [5.74, 6) is 0. The summed E-state index contributed by atoms with van der Waals surface area (Å²) in [5, 5.41) is 7.10. The van der Waals surface area contributed by atoms with Gasteiger partial charge in [-0.25, -0.2) is 0 Å². The zero-order valence-corrected chi connectivity index (χ0v) is 24.4. The van der Waals surface area contributed by atoms with Crippen LogP contribution in [0.25, 0.3) is 43.6 Å². The zero-order chi connectivity index (χ0) is 27.1. The number of fused-ring (bicyclic) bond motifs is 5. The average Bonchev–Trinajstić information content (AvgIpc) is 2.80. The van der Waals surface area contributed by atoms with E-state index in [1.807, 2.05) is 11.8 Å². The van der Waals surface area contributed by atoms with Crippen molar-refractivity contribution in [2.24, 2.45) is 10.8 Å². The molecule has 0 fully saturated rings. The smallest absolute Gasteiger partial charge is 0.140 e. The highest BCUT2D eigenvalue weighted by atomic mass is 32.2. The minimum atomic E-state index is 0.142. The molecule has 5 aromatic rings. The predicted octanol–water partition coefficient (Wildman–Crippen LogP) is 7.75. The second kappa shape index (κ2) is 8.65. The molecule has 4 heteroatoms. The summed E-state index contributed by atoms with van der Waals surface area (Å²) >= 11 is 1.87. The number of aromatic nitrogens is 1. The van der Waals surface area contributed by atoms with Crippen molar-refractivity contribution in [1.29, 1.82) is 0 Å². The predicted molar refractivity (Wildman–Crippen MR) is 168 cm³/mol. The SMILES string of the molecule is [B]c1nc2c3c(cc4ccc(CC(C)(C)C)cc4c3c1[B])Sc1c-2cc2cc(C)ccc2c1CC(C)(C)C. The lowest BCUT2D eigenvalue weighted by Crippen LogP contribution is -2.31. The van der Waals surface area contributed by atoms with E-state index in [0.29, 0.717) is 11.1 Å². The fraction of sp³-hybridized carbons (Fsp3) is 0.324. The van der Waals surface area contributed by atoms with E-state index in [0.717, 1.165) is 34.7 Å². The average molecular weight is 509 g/mol. The molecule has 1 nitrogen and oxygen atoms in total. The summed E-state index contributed by atoms with van der Waals surface area (Å²) < 4.78 is 0. The van der Waals surface area contributed by atoms with Crippen LogP contribution >= 0.6 is 11.8 Å². The van der Waals surface area contributed by atoms with Crippen molar-refractivity contribution in [3.8, 4) is 11.3 Å². The van der Waals surface area contributed by atoms with Crippen LogP contribution in [0.4, 0.5) is 0 Å². The zero-order valence-electron chi connectivity index (χ0n) is 23.5. The fourth-order valence-corrected chi connectivity index (χ4v) is 7.26. The third kappa shape index (κ3) is 4.35. The first-order valence-corrected chi connectivity index (χ1v) is 14.3. The molecule has 1 aliphatic rings. The Balaban J connectivity index is 1.72. The van der Waals surface area contributed by atoms with E-state index in [1.165, 1.54) is 48.2 Å². The Labute approximate surface area is 233 Å². The van der Waals surface area contributed by atoms with E-state index in [9.17, 15) is 0 Å². The molecule has 1 aliphatic heterocycles. The Morgan fingerprint density at radius 3 is 2.21 bits per heavy atom. The summed E-state index contributed by atoms with van der Waals surface area (Å²) in [6.45, 7) is 15.9. The largest absolute Gasteiger partial charge is 0.264 e.